The standard InChI is InChI=1S/C36H68O7/c1-30(2)22-16-10-7-13-19-25-41-33(37)28-36(40,35(39)43-27-21-15-9-12-18-24-32(5)6)29-34(38)42-26-20-14-8-11-17-23-31(3)4/h30-32,40H,7-29H2,1-6H3. The van der Waals surface area contributed by atoms with Crippen molar-refractivity contribution < 1.29 is 33.7 Å². The van der Waals surface area contributed by atoms with Gasteiger partial charge < -0.3 is 19.3 Å². The summed E-state index contributed by atoms with van der Waals surface area (Å²) in [7, 11) is 0. The van der Waals surface area contributed by atoms with E-state index in [0.29, 0.717) is 24.2 Å². The molecule has 0 unspecified atom stereocenters. The first kappa shape index (κ1) is 41.4. The largest absolute Gasteiger partial charge is 0.466 e. The summed E-state index contributed by atoms with van der Waals surface area (Å²) in [5.74, 6) is -0.245. The average Bonchev–Trinajstić information content (AvgIpc) is 2.92. The van der Waals surface area contributed by atoms with Crippen LogP contribution in [-0.2, 0) is 28.6 Å². The van der Waals surface area contributed by atoms with Crippen LogP contribution in [-0.4, -0.2) is 48.4 Å². The molecular formula is C36H68O7. The number of esters is 3. The van der Waals surface area contributed by atoms with Gasteiger partial charge in [-0.2, -0.15) is 0 Å². The fourth-order valence-corrected chi connectivity index (χ4v) is 5.01. The monoisotopic (exact) mass is 612 g/mol. The second-order valence-corrected chi connectivity index (χ2v) is 13.8. The van der Waals surface area contributed by atoms with Crippen molar-refractivity contribution in [2.75, 3.05) is 19.8 Å². The maximum Gasteiger partial charge on any atom is 0.339 e. The minimum absolute atomic E-state index is 0.142. The summed E-state index contributed by atoms with van der Waals surface area (Å²) >= 11 is 0. The molecule has 0 aliphatic heterocycles. The molecule has 254 valence electrons. The molecule has 0 spiro atoms. The predicted octanol–water partition coefficient (Wildman–Crippen LogP) is 9.12. The minimum Gasteiger partial charge on any atom is -0.466 e. The molecule has 0 saturated heterocycles. The SMILES string of the molecule is CC(C)CCCCCCCOC(=O)CC(O)(CC(=O)OCCCCCCCC(C)C)C(=O)OCCCCCCCC(C)C. The van der Waals surface area contributed by atoms with E-state index in [1.807, 2.05) is 0 Å². The Morgan fingerprint density at radius 3 is 1.07 bits per heavy atom. The Labute approximate surface area is 264 Å². The van der Waals surface area contributed by atoms with Crippen LogP contribution in [0.1, 0.15) is 170 Å². The highest BCUT2D eigenvalue weighted by Crippen LogP contribution is 2.21. The van der Waals surface area contributed by atoms with Crippen molar-refractivity contribution in [1.82, 2.24) is 0 Å². The summed E-state index contributed by atoms with van der Waals surface area (Å²) in [6, 6.07) is 0. The number of carbonyl (C=O) groups excluding carboxylic acids is 3. The van der Waals surface area contributed by atoms with Crippen molar-refractivity contribution in [2.45, 2.75) is 176 Å². The smallest absolute Gasteiger partial charge is 0.339 e. The van der Waals surface area contributed by atoms with Crippen molar-refractivity contribution in [3.8, 4) is 0 Å². The van der Waals surface area contributed by atoms with E-state index in [4.69, 9.17) is 14.2 Å². The van der Waals surface area contributed by atoms with Crippen LogP contribution in [0.2, 0.25) is 0 Å². The Morgan fingerprint density at radius 2 is 0.744 bits per heavy atom. The third-order valence-electron chi connectivity index (χ3n) is 7.79. The fourth-order valence-electron chi connectivity index (χ4n) is 5.01. The molecule has 43 heavy (non-hydrogen) atoms. The molecule has 0 saturated carbocycles. The van der Waals surface area contributed by atoms with Gasteiger partial charge in [0, 0.05) is 0 Å². The summed E-state index contributed by atoms with van der Waals surface area (Å²) in [6.07, 6.45) is 17.7. The number of hydrogen-bond donors (Lipinski definition) is 1. The van der Waals surface area contributed by atoms with Gasteiger partial charge >= 0.3 is 17.9 Å². The van der Waals surface area contributed by atoms with Gasteiger partial charge in [-0.05, 0) is 37.0 Å². The number of aliphatic hydroxyl groups is 1. The molecule has 0 atom stereocenters. The zero-order valence-corrected chi connectivity index (χ0v) is 28.9. The molecule has 0 bridgehead atoms. The van der Waals surface area contributed by atoms with Gasteiger partial charge in [-0.1, -0.05) is 138 Å². The molecule has 0 aromatic heterocycles. The summed E-state index contributed by atoms with van der Waals surface area (Å²) in [5, 5.41) is 11.2. The molecule has 0 rings (SSSR count). The van der Waals surface area contributed by atoms with Crippen LogP contribution >= 0.6 is 0 Å². The molecular weight excluding hydrogens is 544 g/mol. The van der Waals surface area contributed by atoms with Crippen molar-refractivity contribution in [3.05, 3.63) is 0 Å². The van der Waals surface area contributed by atoms with Gasteiger partial charge in [0.2, 0.25) is 0 Å². The molecule has 0 amide bonds. The lowest BCUT2D eigenvalue weighted by Gasteiger charge is -2.24. The summed E-state index contributed by atoms with van der Waals surface area (Å²) in [6.45, 7) is 13.9. The van der Waals surface area contributed by atoms with Gasteiger partial charge in [0.25, 0.3) is 0 Å². The van der Waals surface area contributed by atoms with Gasteiger partial charge in [0.1, 0.15) is 0 Å². The van der Waals surface area contributed by atoms with Gasteiger partial charge in [0.15, 0.2) is 5.60 Å². The second-order valence-electron chi connectivity index (χ2n) is 13.8. The number of hydrogen-bond acceptors (Lipinski definition) is 7. The van der Waals surface area contributed by atoms with E-state index in [-0.39, 0.29) is 19.8 Å². The normalized spacial score (nSPS) is 11.9. The van der Waals surface area contributed by atoms with E-state index in [9.17, 15) is 19.5 Å². The zero-order valence-electron chi connectivity index (χ0n) is 28.9. The quantitative estimate of drug-likeness (QED) is 0.0511. The molecule has 0 aliphatic rings. The Morgan fingerprint density at radius 1 is 0.465 bits per heavy atom. The first-order valence-corrected chi connectivity index (χ1v) is 17.7. The first-order valence-electron chi connectivity index (χ1n) is 17.7. The Hall–Kier alpha value is -1.63. The molecule has 0 aliphatic carbocycles. The summed E-state index contributed by atoms with van der Waals surface area (Å²) in [5.41, 5.74) is -2.29. The van der Waals surface area contributed by atoms with Crippen molar-refractivity contribution in [2.24, 2.45) is 17.8 Å². The first-order chi connectivity index (χ1) is 20.5. The Bertz CT molecular complexity index is 664. The van der Waals surface area contributed by atoms with E-state index in [1.165, 1.54) is 38.5 Å². The van der Waals surface area contributed by atoms with Crippen molar-refractivity contribution >= 4 is 17.9 Å². The number of ether oxygens (including phenoxy) is 3. The van der Waals surface area contributed by atoms with Crippen LogP contribution in [0.25, 0.3) is 0 Å². The minimum atomic E-state index is -2.29. The maximum absolute atomic E-state index is 12.9. The topological polar surface area (TPSA) is 99.1 Å². The lowest BCUT2D eigenvalue weighted by molar-refractivity contribution is -0.178. The van der Waals surface area contributed by atoms with E-state index >= 15 is 0 Å². The molecule has 1 N–H and O–H groups in total. The van der Waals surface area contributed by atoms with E-state index in [2.05, 4.69) is 41.5 Å². The van der Waals surface area contributed by atoms with E-state index in [1.54, 1.807) is 0 Å². The molecule has 0 aromatic rings. The Kier molecular flexibility index (Phi) is 25.7. The predicted molar refractivity (Wildman–Crippen MR) is 175 cm³/mol. The van der Waals surface area contributed by atoms with Gasteiger partial charge in [-0.15, -0.1) is 0 Å². The number of unbranched alkanes of at least 4 members (excludes halogenated alkanes) is 12. The second kappa shape index (κ2) is 26.7. The van der Waals surface area contributed by atoms with Crippen LogP contribution in [0.3, 0.4) is 0 Å². The third kappa shape index (κ3) is 26.5. The van der Waals surface area contributed by atoms with Crippen LogP contribution in [0, 0.1) is 17.8 Å². The third-order valence-corrected chi connectivity index (χ3v) is 7.79. The summed E-state index contributed by atoms with van der Waals surface area (Å²) in [4.78, 5) is 38.0. The average molecular weight is 613 g/mol. The zero-order chi connectivity index (χ0) is 32.3. The van der Waals surface area contributed by atoms with Crippen LogP contribution in [0.15, 0.2) is 0 Å². The molecule has 7 heteroatoms. The summed E-state index contributed by atoms with van der Waals surface area (Å²) < 4.78 is 16.0. The van der Waals surface area contributed by atoms with E-state index < -0.39 is 36.4 Å². The van der Waals surface area contributed by atoms with Crippen LogP contribution in [0.5, 0.6) is 0 Å². The van der Waals surface area contributed by atoms with Gasteiger partial charge in [0.05, 0.1) is 32.7 Å². The lowest BCUT2D eigenvalue weighted by atomic mass is 9.95. The molecule has 0 radical (unpaired) electrons. The van der Waals surface area contributed by atoms with Gasteiger partial charge in [-0.3, -0.25) is 9.59 Å². The molecule has 0 fully saturated rings. The molecule has 7 nitrogen and oxygen atoms in total. The highest BCUT2D eigenvalue weighted by atomic mass is 16.6. The number of carbonyl (C=O) groups is 3. The fraction of sp³-hybridized carbons (Fsp3) is 0.917. The maximum atomic E-state index is 12.9. The molecule has 0 aromatic carbocycles. The van der Waals surface area contributed by atoms with Gasteiger partial charge in [-0.25, -0.2) is 4.79 Å². The highest BCUT2D eigenvalue weighted by Gasteiger charge is 2.43. The highest BCUT2D eigenvalue weighted by molar-refractivity contribution is 5.90. The van der Waals surface area contributed by atoms with Crippen LogP contribution < -0.4 is 0 Å². The lowest BCUT2D eigenvalue weighted by Crippen LogP contribution is -2.45. The van der Waals surface area contributed by atoms with Crippen molar-refractivity contribution in [1.29, 1.82) is 0 Å². The van der Waals surface area contributed by atoms with Crippen molar-refractivity contribution in [3.63, 3.8) is 0 Å². The number of rotatable bonds is 29. The Balaban J connectivity index is 4.63. The van der Waals surface area contributed by atoms with E-state index in [0.717, 1.165) is 70.6 Å². The van der Waals surface area contributed by atoms with Crippen LogP contribution in [0.4, 0.5) is 0 Å². The molecule has 0 heterocycles.